The third-order valence-electron chi connectivity index (χ3n) is 4.48. The van der Waals surface area contributed by atoms with E-state index in [-0.39, 0.29) is 12.0 Å². The van der Waals surface area contributed by atoms with Crippen molar-refractivity contribution in [3.8, 4) is 11.5 Å². The predicted octanol–water partition coefficient (Wildman–Crippen LogP) is 1.82. The Morgan fingerprint density at radius 3 is 2.86 bits per heavy atom. The van der Waals surface area contributed by atoms with Crippen LogP contribution in [0.4, 0.5) is 0 Å². The van der Waals surface area contributed by atoms with E-state index in [9.17, 15) is 4.79 Å². The number of likely N-dealkylation sites (N-methyl/N-ethyl adjacent to an activating group) is 1. The molecule has 3 rings (SSSR count). The normalized spacial score (nSPS) is 27.3. The van der Waals surface area contributed by atoms with Crippen LogP contribution in [0.5, 0.6) is 11.5 Å². The van der Waals surface area contributed by atoms with Crippen molar-refractivity contribution in [1.29, 1.82) is 0 Å². The molecule has 0 aliphatic carbocycles. The standard InChI is InChI=1S/C17H24N2O3/c1-17(9-5-6-10-18-17)16(20)19(2)11-13-12-21-14-7-3-4-8-15(14)22-13/h3-4,7-8,13,18H,5-6,9-12H2,1-2H3. The zero-order valence-corrected chi connectivity index (χ0v) is 13.3. The average molecular weight is 304 g/mol. The molecule has 1 N–H and O–H groups in total. The van der Waals surface area contributed by atoms with Crippen molar-refractivity contribution >= 4 is 5.91 Å². The number of hydrogen-bond acceptors (Lipinski definition) is 4. The Balaban J connectivity index is 1.60. The Labute approximate surface area is 131 Å². The Morgan fingerprint density at radius 2 is 2.14 bits per heavy atom. The van der Waals surface area contributed by atoms with Gasteiger partial charge in [0.25, 0.3) is 0 Å². The van der Waals surface area contributed by atoms with Crippen LogP contribution in [0.25, 0.3) is 0 Å². The molecule has 0 bridgehead atoms. The van der Waals surface area contributed by atoms with Gasteiger partial charge in [0.2, 0.25) is 5.91 Å². The predicted molar refractivity (Wildman–Crippen MR) is 84.2 cm³/mol. The highest BCUT2D eigenvalue weighted by atomic mass is 16.6. The fourth-order valence-corrected chi connectivity index (χ4v) is 3.20. The largest absolute Gasteiger partial charge is 0.486 e. The molecule has 120 valence electrons. The Kier molecular flexibility index (Phi) is 4.25. The van der Waals surface area contributed by atoms with Gasteiger partial charge in [-0.3, -0.25) is 4.79 Å². The van der Waals surface area contributed by atoms with E-state index in [4.69, 9.17) is 9.47 Å². The maximum atomic E-state index is 12.7. The van der Waals surface area contributed by atoms with Gasteiger partial charge < -0.3 is 19.7 Å². The molecular formula is C17H24N2O3. The molecule has 1 aromatic rings. The van der Waals surface area contributed by atoms with Gasteiger partial charge in [0.15, 0.2) is 17.6 Å². The van der Waals surface area contributed by atoms with E-state index in [1.54, 1.807) is 4.90 Å². The summed E-state index contributed by atoms with van der Waals surface area (Å²) in [5.74, 6) is 1.66. The molecule has 5 nitrogen and oxygen atoms in total. The van der Waals surface area contributed by atoms with Crippen molar-refractivity contribution in [2.24, 2.45) is 0 Å². The fourth-order valence-electron chi connectivity index (χ4n) is 3.20. The first-order chi connectivity index (χ1) is 10.6. The summed E-state index contributed by atoms with van der Waals surface area (Å²) < 4.78 is 11.6. The maximum Gasteiger partial charge on any atom is 0.242 e. The second kappa shape index (κ2) is 6.16. The summed E-state index contributed by atoms with van der Waals surface area (Å²) in [4.78, 5) is 14.5. The van der Waals surface area contributed by atoms with Gasteiger partial charge in [0.1, 0.15) is 6.61 Å². The van der Waals surface area contributed by atoms with Crippen LogP contribution in [0, 0.1) is 0 Å². The number of ether oxygens (including phenoxy) is 2. The Bertz CT molecular complexity index is 540. The van der Waals surface area contributed by atoms with Crippen molar-refractivity contribution in [1.82, 2.24) is 10.2 Å². The number of nitrogens with one attached hydrogen (secondary N) is 1. The van der Waals surface area contributed by atoms with Crippen LogP contribution in [-0.2, 0) is 4.79 Å². The molecule has 0 spiro atoms. The van der Waals surface area contributed by atoms with Gasteiger partial charge in [-0.2, -0.15) is 0 Å². The molecule has 2 heterocycles. The minimum absolute atomic E-state index is 0.129. The van der Waals surface area contributed by atoms with Crippen LogP contribution in [0.1, 0.15) is 26.2 Å². The van der Waals surface area contributed by atoms with Crippen LogP contribution in [-0.4, -0.2) is 49.2 Å². The molecule has 1 saturated heterocycles. The van der Waals surface area contributed by atoms with E-state index >= 15 is 0 Å². The summed E-state index contributed by atoms with van der Waals surface area (Å²) in [6.07, 6.45) is 3.00. The van der Waals surface area contributed by atoms with Crippen LogP contribution in [0.15, 0.2) is 24.3 Å². The van der Waals surface area contributed by atoms with Gasteiger partial charge in [0.05, 0.1) is 12.1 Å². The van der Waals surface area contributed by atoms with Crippen molar-refractivity contribution in [2.75, 3.05) is 26.7 Å². The van der Waals surface area contributed by atoms with Crippen LogP contribution >= 0.6 is 0 Å². The summed E-state index contributed by atoms with van der Waals surface area (Å²) in [5.41, 5.74) is -0.444. The number of carbonyl (C=O) groups excluding carboxylic acids is 1. The van der Waals surface area contributed by atoms with Gasteiger partial charge in [-0.05, 0) is 44.9 Å². The van der Waals surface area contributed by atoms with Crippen LogP contribution in [0.2, 0.25) is 0 Å². The number of rotatable bonds is 3. The van der Waals surface area contributed by atoms with Gasteiger partial charge in [0, 0.05) is 7.05 Å². The minimum Gasteiger partial charge on any atom is -0.486 e. The lowest BCUT2D eigenvalue weighted by Gasteiger charge is -2.38. The molecule has 2 aliphatic heterocycles. The van der Waals surface area contributed by atoms with Crippen molar-refractivity contribution < 1.29 is 14.3 Å². The van der Waals surface area contributed by atoms with Crippen molar-refractivity contribution in [3.05, 3.63) is 24.3 Å². The molecule has 22 heavy (non-hydrogen) atoms. The number of carbonyl (C=O) groups is 1. The lowest BCUT2D eigenvalue weighted by Crippen LogP contribution is -2.58. The number of hydrogen-bond donors (Lipinski definition) is 1. The zero-order chi connectivity index (χ0) is 15.6. The molecule has 5 heteroatoms. The Hall–Kier alpha value is -1.75. The number of nitrogens with zero attached hydrogens (tertiary/aromatic N) is 1. The number of piperidine rings is 1. The lowest BCUT2D eigenvalue weighted by molar-refractivity contribution is -0.138. The second-order valence-electron chi connectivity index (χ2n) is 6.40. The first kappa shape index (κ1) is 15.2. The lowest BCUT2D eigenvalue weighted by atomic mass is 9.89. The first-order valence-electron chi connectivity index (χ1n) is 7.97. The van der Waals surface area contributed by atoms with Gasteiger partial charge in [-0.15, -0.1) is 0 Å². The quantitative estimate of drug-likeness (QED) is 0.925. The van der Waals surface area contributed by atoms with E-state index < -0.39 is 5.54 Å². The molecule has 0 radical (unpaired) electrons. The van der Waals surface area contributed by atoms with Gasteiger partial charge >= 0.3 is 0 Å². The zero-order valence-electron chi connectivity index (χ0n) is 13.3. The Morgan fingerprint density at radius 1 is 1.36 bits per heavy atom. The third-order valence-corrected chi connectivity index (χ3v) is 4.48. The fraction of sp³-hybridized carbons (Fsp3) is 0.588. The summed E-state index contributed by atoms with van der Waals surface area (Å²) in [6, 6.07) is 7.64. The molecule has 1 fully saturated rings. The summed E-state index contributed by atoms with van der Waals surface area (Å²) in [7, 11) is 1.84. The van der Waals surface area contributed by atoms with E-state index in [1.807, 2.05) is 38.2 Å². The SMILES string of the molecule is CN(CC1COc2ccccc2O1)C(=O)C1(C)CCCCN1. The molecular weight excluding hydrogens is 280 g/mol. The van der Waals surface area contributed by atoms with E-state index in [0.29, 0.717) is 13.2 Å². The van der Waals surface area contributed by atoms with Gasteiger partial charge in [-0.1, -0.05) is 12.1 Å². The number of fused-ring (bicyclic) bond motifs is 1. The molecule has 1 amide bonds. The molecule has 0 saturated carbocycles. The maximum absolute atomic E-state index is 12.7. The summed E-state index contributed by atoms with van der Waals surface area (Å²) in [6.45, 7) is 3.91. The number of para-hydroxylation sites is 2. The first-order valence-corrected chi connectivity index (χ1v) is 7.97. The molecule has 2 unspecified atom stereocenters. The highest BCUT2D eigenvalue weighted by Crippen LogP contribution is 2.31. The van der Waals surface area contributed by atoms with Crippen molar-refractivity contribution in [2.45, 2.75) is 37.8 Å². The number of benzene rings is 1. The smallest absolute Gasteiger partial charge is 0.242 e. The average Bonchev–Trinajstić information content (AvgIpc) is 2.54. The molecule has 2 aliphatic rings. The monoisotopic (exact) mass is 304 g/mol. The summed E-state index contributed by atoms with van der Waals surface area (Å²) >= 11 is 0. The molecule has 1 aromatic carbocycles. The third kappa shape index (κ3) is 3.04. The van der Waals surface area contributed by atoms with Crippen molar-refractivity contribution in [3.63, 3.8) is 0 Å². The van der Waals surface area contributed by atoms with Gasteiger partial charge in [-0.25, -0.2) is 0 Å². The highest BCUT2D eigenvalue weighted by Gasteiger charge is 2.37. The van der Waals surface area contributed by atoms with E-state index in [2.05, 4.69) is 5.32 Å². The van der Waals surface area contributed by atoms with Crippen LogP contribution < -0.4 is 14.8 Å². The van der Waals surface area contributed by atoms with E-state index in [0.717, 1.165) is 37.3 Å². The minimum atomic E-state index is -0.444. The summed E-state index contributed by atoms with van der Waals surface area (Å²) in [5, 5.41) is 3.37. The molecule has 2 atom stereocenters. The number of amides is 1. The highest BCUT2D eigenvalue weighted by molar-refractivity contribution is 5.85. The molecule has 0 aromatic heterocycles. The van der Waals surface area contributed by atoms with Crippen LogP contribution in [0.3, 0.4) is 0 Å². The van der Waals surface area contributed by atoms with E-state index in [1.165, 1.54) is 0 Å². The topological polar surface area (TPSA) is 50.8 Å². The second-order valence-corrected chi connectivity index (χ2v) is 6.40.